The molecule has 0 fully saturated rings. The summed E-state index contributed by atoms with van der Waals surface area (Å²) in [5.74, 6) is -0.355. The van der Waals surface area contributed by atoms with Crippen LogP contribution >= 0.6 is 0 Å². The van der Waals surface area contributed by atoms with Gasteiger partial charge in [0.2, 0.25) is 0 Å². The van der Waals surface area contributed by atoms with Crippen molar-refractivity contribution in [1.82, 2.24) is 0 Å². The second-order valence-electron chi connectivity index (χ2n) is 3.18. The summed E-state index contributed by atoms with van der Waals surface area (Å²) in [5, 5.41) is 0. The average molecular weight is 218 g/mol. The van der Waals surface area contributed by atoms with Gasteiger partial charge in [-0.15, -0.1) is 0 Å². The maximum atomic E-state index is 11.0. The van der Waals surface area contributed by atoms with Crippen molar-refractivity contribution in [3.8, 4) is 0 Å². The molecule has 0 saturated heterocycles. The molecule has 0 aliphatic rings. The van der Waals surface area contributed by atoms with E-state index in [1.165, 1.54) is 6.08 Å². The van der Waals surface area contributed by atoms with E-state index in [1.54, 1.807) is 19.1 Å². The smallest absolute Gasteiger partial charge is 0.330 e. The molecule has 1 aromatic carbocycles. The van der Waals surface area contributed by atoms with Crippen molar-refractivity contribution in [2.75, 3.05) is 6.61 Å². The Labute approximate surface area is 94.7 Å². The molecule has 1 rings (SSSR count). The van der Waals surface area contributed by atoms with Gasteiger partial charge in [-0.2, -0.15) is 0 Å². The SMILES string of the molecule is CCOC(=O)/C=C/Cc1ccccc1C=O. The molecule has 0 saturated carbocycles. The molecule has 0 atom stereocenters. The second kappa shape index (κ2) is 6.56. The summed E-state index contributed by atoms with van der Waals surface area (Å²) in [6.45, 7) is 2.13. The van der Waals surface area contributed by atoms with Gasteiger partial charge in [0.25, 0.3) is 0 Å². The number of esters is 1. The monoisotopic (exact) mass is 218 g/mol. The molecule has 0 bridgehead atoms. The van der Waals surface area contributed by atoms with Crippen molar-refractivity contribution in [1.29, 1.82) is 0 Å². The van der Waals surface area contributed by atoms with Gasteiger partial charge in [-0.05, 0) is 18.9 Å². The standard InChI is InChI=1S/C13H14O3/c1-2-16-13(15)9-5-8-11-6-3-4-7-12(11)10-14/h3-7,9-10H,2,8H2,1H3/b9-5+. The number of allylic oxidation sites excluding steroid dienone is 1. The van der Waals surface area contributed by atoms with Gasteiger partial charge in [0.05, 0.1) is 6.61 Å². The number of benzene rings is 1. The molecule has 16 heavy (non-hydrogen) atoms. The van der Waals surface area contributed by atoms with Gasteiger partial charge < -0.3 is 4.74 Å². The molecule has 1 aromatic rings. The molecule has 3 nitrogen and oxygen atoms in total. The first-order chi connectivity index (χ1) is 7.77. The molecule has 0 aromatic heterocycles. The topological polar surface area (TPSA) is 43.4 Å². The lowest BCUT2D eigenvalue weighted by atomic mass is 10.1. The Morgan fingerprint density at radius 2 is 2.12 bits per heavy atom. The third-order valence-corrected chi connectivity index (χ3v) is 2.06. The second-order valence-corrected chi connectivity index (χ2v) is 3.18. The van der Waals surface area contributed by atoms with Crippen LogP contribution in [0.1, 0.15) is 22.8 Å². The third-order valence-electron chi connectivity index (χ3n) is 2.06. The lowest BCUT2D eigenvalue weighted by Gasteiger charge is -2.00. The normalized spacial score (nSPS) is 10.3. The van der Waals surface area contributed by atoms with Crippen LogP contribution in [0, 0.1) is 0 Å². The van der Waals surface area contributed by atoms with E-state index in [0.717, 1.165) is 11.8 Å². The predicted molar refractivity (Wildman–Crippen MR) is 61.3 cm³/mol. The fraction of sp³-hybridized carbons (Fsp3) is 0.231. The van der Waals surface area contributed by atoms with E-state index in [-0.39, 0.29) is 5.97 Å². The molecular weight excluding hydrogens is 204 g/mol. The number of carbonyl (C=O) groups excluding carboxylic acids is 2. The Hall–Kier alpha value is -1.90. The van der Waals surface area contributed by atoms with Crippen molar-refractivity contribution in [3.63, 3.8) is 0 Å². The molecule has 84 valence electrons. The van der Waals surface area contributed by atoms with Gasteiger partial charge in [0, 0.05) is 11.6 Å². The Balaban J connectivity index is 2.60. The van der Waals surface area contributed by atoms with Crippen LogP contribution in [-0.2, 0) is 16.0 Å². The molecule has 3 heteroatoms. The number of ether oxygens (including phenoxy) is 1. The molecule has 0 heterocycles. The Bertz CT molecular complexity index is 394. The van der Waals surface area contributed by atoms with Crippen LogP contribution in [0.4, 0.5) is 0 Å². The highest BCUT2D eigenvalue weighted by molar-refractivity contribution is 5.82. The summed E-state index contributed by atoms with van der Waals surface area (Å²) in [6, 6.07) is 7.28. The highest BCUT2D eigenvalue weighted by Crippen LogP contribution is 2.07. The van der Waals surface area contributed by atoms with E-state index in [0.29, 0.717) is 18.6 Å². The first-order valence-electron chi connectivity index (χ1n) is 5.14. The van der Waals surface area contributed by atoms with Crippen LogP contribution in [0.25, 0.3) is 0 Å². The Morgan fingerprint density at radius 1 is 1.38 bits per heavy atom. The molecule has 0 amide bonds. The summed E-state index contributed by atoms with van der Waals surface area (Å²) in [6.07, 6.45) is 4.44. The molecule has 0 aliphatic heterocycles. The predicted octanol–water partition coefficient (Wildman–Crippen LogP) is 2.16. The van der Waals surface area contributed by atoms with E-state index in [4.69, 9.17) is 4.74 Å². The van der Waals surface area contributed by atoms with Gasteiger partial charge in [-0.3, -0.25) is 4.79 Å². The zero-order valence-corrected chi connectivity index (χ0v) is 9.18. The number of hydrogen-bond donors (Lipinski definition) is 0. The summed E-state index contributed by atoms with van der Waals surface area (Å²) in [4.78, 5) is 21.7. The van der Waals surface area contributed by atoms with E-state index >= 15 is 0 Å². The lowest BCUT2D eigenvalue weighted by molar-refractivity contribution is -0.137. The fourth-order valence-electron chi connectivity index (χ4n) is 1.31. The molecule has 0 unspecified atom stereocenters. The van der Waals surface area contributed by atoms with Crippen LogP contribution in [0.5, 0.6) is 0 Å². The number of hydrogen-bond acceptors (Lipinski definition) is 3. The lowest BCUT2D eigenvalue weighted by Crippen LogP contribution is -1.99. The van der Waals surface area contributed by atoms with Crippen LogP contribution in [0.3, 0.4) is 0 Å². The molecule has 0 N–H and O–H groups in total. The molecule has 0 radical (unpaired) electrons. The number of aldehydes is 1. The summed E-state index contributed by atoms with van der Waals surface area (Å²) >= 11 is 0. The highest BCUT2D eigenvalue weighted by atomic mass is 16.5. The maximum Gasteiger partial charge on any atom is 0.330 e. The third kappa shape index (κ3) is 3.69. The quantitative estimate of drug-likeness (QED) is 0.432. The molecule has 0 aliphatic carbocycles. The van der Waals surface area contributed by atoms with Gasteiger partial charge in [-0.25, -0.2) is 4.79 Å². The average Bonchev–Trinajstić information content (AvgIpc) is 2.30. The zero-order chi connectivity index (χ0) is 11.8. The van der Waals surface area contributed by atoms with Crippen LogP contribution in [0.15, 0.2) is 36.4 Å². The van der Waals surface area contributed by atoms with Gasteiger partial charge >= 0.3 is 5.97 Å². The zero-order valence-electron chi connectivity index (χ0n) is 9.18. The summed E-state index contributed by atoms with van der Waals surface area (Å²) in [5.41, 5.74) is 1.55. The van der Waals surface area contributed by atoms with E-state index in [9.17, 15) is 9.59 Å². The maximum absolute atomic E-state index is 11.0. The van der Waals surface area contributed by atoms with Gasteiger partial charge in [0.1, 0.15) is 6.29 Å². The van der Waals surface area contributed by atoms with Gasteiger partial charge in [-0.1, -0.05) is 30.3 Å². The van der Waals surface area contributed by atoms with E-state index in [1.807, 2.05) is 18.2 Å². The Morgan fingerprint density at radius 3 is 2.81 bits per heavy atom. The van der Waals surface area contributed by atoms with Gasteiger partial charge in [0.15, 0.2) is 0 Å². The van der Waals surface area contributed by atoms with E-state index < -0.39 is 0 Å². The Kier molecular flexibility index (Phi) is 4.99. The van der Waals surface area contributed by atoms with Crippen molar-refractivity contribution in [2.45, 2.75) is 13.3 Å². The minimum atomic E-state index is -0.355. The van der Waals surface area contributed by atoms with Crippen molar-refractivity contribution in [3.05, 3.63) is 47.5 Å². The van der Waals surface area contributed by atoms with Crippen LogP contribution < -0.4 is 0 Å². The van der Waals surface area contributed by atoms with Crippen molar-refractivity contribution >= 4 is 12.3 Å². The fourth-order valence-corrected chi connectivity index (χ4v) is 1.31. The largest absolute Gasteiger partial charge is 0.463 e. The summed E-state index contributed by atoms with van der Waals surface area (Å²) < 4.78 is 4.74. The van der Waals surface area contributed by atoms with Crippen LogP contribution in [-0.4, -0.2) is 18.9 Å². The minimum Gasteiger partial charge on any atom is -0.463 e. The summed E-state index contributed by atoms with van der Waals surface area (Å²) in [7, 11) is 0. The minimum absolute atomic E-state index is 0.355. The number of carbonyl (C=O) groups is 2. The first kappa shape index (κ1) is 12.2. The molecular formula is C13H14O3. The molecule has 0 spiro atoms. The van der Waals surface area contributed by atoms with Crippen molar-refractivity contribution < 1.29 is 14.3 Å². The highest BCUT2D eigenvalue weighted by Gasteiger charge is 1.98. The van der Waals surface area contributed by atoms with E-state index in [2.05, 4.69) is 0 Å². The number of rotatable bonds is 5. The van der Waals surface area contributed by atoms with Crippen LogP contribution in [0.2, 0.25) is 0 Å². The first-order valence-corrected chi connectivity index (χ1v) is 5.14. The van der Waals surface area contributed by atoms with Crippen molar-refractivity contribution in [2.24, 2.45) is 0 Å².